The molecule has 1 fully saturated rings. The summed E-state index contributed by atoms with van der Waals surface area (Å²) in [5.74, 6) is -0.213. The number of amides is 2. The summed E-state index contributed by atoms with van der Waals surface area (Å²) in [5, 5.41) is 5.36. The van der Waals surface area contributed by atoms with Crippen LogP contribution in [0.15, 0.2) is 29.2 Å². The highest BCUT2D eigenvalue weighted by molar-refractivity contribution is 7.89. The van der Waals surface area contributed by atoms with E-state index in [0.717, 1.165) is 17.1 Å². The minimum absolute atomic E-state index is 0.0504. The highest BCUT2D eigenvalue weighted by atomic mass is 32.2. The van der Waals surface area contributed by atoms with Gasteiger partial charge in [0.05, 0.1) is 11.4 Å². The predicted octanol–water partition coefficient (Wildman–Crippen LogP) is 0.119. The van der Waals surface area contributed by atoms with Gasteiger partial charge in [0, 0.05) is 32.2 Å². The number of benzene rings is 1. The molecule has 8 nitrogen and oxygen atoms in total. The number of sulfonamides is 1. The van der Waals surface area contributed by atoms with E-state index in [2.05, 4.69) is 10.6 Å². The highest BCUT2D eigenvalue weighted by Gasteiger charge is 2.32. The van der Waals surface area contributed by atoms with Crippen molar-refractivity contribution in [3.8, 4) is 0 Å². The molecule has 1 saturated carbocycles. The van der Waals surface area contributed by atoms with E-state index in [9.17, 15) is 18.0 Å². The standard InChI is InChI=1S/C16H24N4O4S/c1-11(21)18-13-5-7-14(8-6-13)25(23,24)20(2)10-16(22)19-15(9-17)12-3-4-12/h5-8,12,15H,3-4,9-10,17H2,1-2H3,(H,18,21)(H,19,22). The molecule has 1 aromatic rings. The SMILES string of the molecule is CC(=O)Nc1ccc(S(=O)(=O)N(C)CC(=O)NC(CN)C2CC2)cc1. The molecule has 0 bridgehead atoms. The molecule has 0 spiro atoms. The zero-order chi connectivity index (χ0) is 18.6. The quantitative estimate of drug-likeness (QED) is 0.602. The number of nitrogens with zero attached hydrogens (tertiary/aromatic N) is 1. The maximum Gasteiger partial charge on any atom is 0.243 e. The molecule has 0 saturated heterocycles. The molecule has 1 atom stereocenters. The summed E-state index contributed by atoms with van der Waals surface area (Å²) in [7, 11) is -2.45. The number of hydrogen-bond donors (Lipinski definition) is 3. The van der Waals surface area contributed by atoms with Crippen LogP contribution in [0.4, 0.5) is 5.69 Å². The van der Waals surface area contributed by atoms with Crippen LogP contribution < -0.4 is 16.4 Å². The van der Waals surface area contributed by atoms with E-state index >= 15 is 0 Å². The Morgan fingerprint density at radius 1 is 1.28 bits per heavy atom. The van der Waals surface area contributed by atoms with Gasteiger partial charge in [-0.15, -0.1) is 0 Å². The van der Waals surface area contributed by atoms with Gasteiger partial charge in [0.25, 0.3) is 0 Å². The van der Waals surface area contributed by atoms with Crippen LogP contribution in [0, 0.1) is 5.92 Å². The van der Waals surface area contributed by atoms with Crippen LogP contribution in [0.5, 0.6) is 0 Å². The second-order valence-corrected chi connectivity index (χ2v) is 8.26. The number of rotatable bonds is 8. The monoisotopic (exact) mass is 368 g/mol. The summed E-state index contributed by atoms with van der Waals surface area (Å²) in [5.41, 5.74) is 6.14. The first-order valence-electron chi connectivity index (χ1n) is 8.07. The van der Waals surface area contributed by atoms with Crippen LogP contribution in [0.1, 0.15) is 19.8 Å². The molecule has 25 heavy (non-hydrogen) atoms. The van der Waals surface area contributed by atoms with Gasteiger partial charge >= 0.3 is 0 Å². The van der Waals surface area contributed by atoms with Gasteiger partial charge in [-0.05, 0) is 43.0 Å². The Bertz CT molecular complexity index is 729. The summed E-state index contributed by atoms with van der Waals surface area (Å²) >= 11 is 0. The fraction of sp³-hybridized carbons (Fsp3) is 0.500. The van der Waals surface area contributed by atoms with Crippen molar-refractivity contribution in [2.45, 2.75) is 30.7 Å². The van der Waals surface area contributed by atoms with Crippen molar-refractivity contribution in [3.63, 3.8) is 0 Å². The minimum atomic E-state index is -3.80. The number of hydrogen-bond acceptors (Lipinski definition) is 5. The van der Waals surface area contributed by atoms with Crippen LogP contribution in [0.25, 0.3) is 0 Å². The van der Waals surface area contributed by atoms with Crippen molar-refractivity contribution in [1.29, 1.82) is 0 Å². The van der Waals surface area contributed by atoms with E-state index < -0.39 is 10.0 Å². The third-order valence-corrected chi connectivity index (χ3v) is 5.86. The summed E-state index contributed by atoms with van der Waals surface area (Å²) in [6.07, 6.45) is 2.08. The van der Waals surface area contributed by atoms with E-state index in [-0.39, 0.29) is 29.3 Å². The van der Waals surface area contributed by atoms with Crippen molar-refractivity contribution in [1.82, 2.24) is 9.62 Å². The number of likely N-dealkylation sites (N-methyl/N-ethyl adjacent to an activating group) is 1. The zero-order valence-electron chi connectivity index (χ0n) is 14.4. The van der Waals surface area contributed by atoms with Crippen LogP contribution in [0.2, 0.25) is 0 Å². The van der Waals surface area contributed by atoms with Crippen molar-refractivity contribution >= 4 is 27.5 Å². The molecule has 0 aromatic heterocycles. The summed E-state index contributed by atoms with van der Waals surface area (Å²) < 4.78 is 26.1. The molecule has 1 unspecified atom stereocenters. The topological polar surface area (TPSA) is 122 Å². The Balaban J connectivity index is 1.99. The maximum absolute atomic E-state index is 12.5. The van der Waals surface area contributed by atoms with E-state index in [0.29, 0.717) is 18.2 Å². The molecule has 1 aliphatic rings. The molecule has 1 aliphatic carbocycles. The van der Waals surface area contributed by atoms with Gasteiger partial charge in [-0.2, -0.15) is 4.31 Å². The largest absolute Gasteiger partial charge is 0.351 e. The normalized spacial score (nSPS) is 15.7. The number of nitrogens with two attached hydrogens (primary N) is 1. The molecule has 0 heterocycles. The van der Waals surface area contributed by atoms with Gasteiger partial charge in [0.2, 0.25) is 21.8 Å². The van der Waals surface area contributed by atoms with Gasteiger partial charge in [-0.25, -0.2) is 8.42 Å². The average Bonchev–Trinajstić information content (AvgIpc) is 3.37. The molecule has 0 aliphatic heterocycles. The van der Waals surface area contributed by atoms with Crippen LogP contribution in [-0.2, 0) is 19.6 Å². The number of anilines is 1. The number of carbonyl (C=O) groups is 2. The third-order valence-electron chi connectivity index (χ3n) is 4.04. The fourth-order valence-electron chi connectivity index (χ4n) is 2.50. The lowest BCUT2D eigenvalue weighted by Crippen LogP contribution is -2.46. The first-order chi connectivity index (χ1) is 11.7. The van der Waals surface area contributed by atoms with Gasteiger partial charge in [-0.1, -0.05) is 0 Å². The van der Waals surface area contributed by atoms with Crippen molar-refractivity contribution < 1.29 is 18.0 Å². The van der Waals surface area contributed by atoms with Crippen LogP contribution in [-0.4, -0.2) is 50.7 Å². The lowest BCUT2D eigenvalue weighted by atomic mass is 10.2. The number of nitrogens with one attached hydrogen (secondary N) is 2. The van der Waals surface area contributed by atoms with E-state index in [4.69, 9.17) is 5.73 Å². The predicted molar refractivity (Wildman–Crippen MR) is 94.3 cm³/mol. The third kappa shape index (κ3) is 5.25. The molecule has 2 rings (SSSR count). The molecular formula is C16H24N4O4S. The molecule has 9 heteroatoms. The van der Waals surface area contributed by atoms with E-state index in [1.807, 2.05) is 0 Å². The molecule has 138 valence electrons. The fourth-order valence-corrected chi connectivity index (χ4v) is 3.63. The highest BCUT2D eigenvalue weighted by Crippen LogP contribution is 2.32. The van der Waals surface area contributed by atoms with Crippen LogP contribution >= 0.6 is 0 Å². The Kier molecular flexibility index (Phi) is 6.15. The zero-order valence-corrected chi connectivity index (χ0v) is 15.2. The Labute approximate surface area is 147 Å². The van der Waals surface area contributed by atoms with Gasteiger partial charge in [0.15, 0.2) is 0 Å². The van der Waals surface area contributed by atoms with Crippen molar-refractivity contribution in [2.24, 2.45) is 11.7 Å². The Morgan fingerprint density at radius 2 is 1.88 bits per heavy atom. The first-order valence-corrected chi connectivity index (χ1v) is 9.51. The molecule has 4 N–H and O–H groups in total. The second kappa shape index (κ2) is 7.94. The van der Waals surface area contributed by atoms with Gasteiger partial charge < -0.3 is 16.4 Å². The van der Waals surface area contributed by atoms with Crippen LogP contribution in [0.3, 0.4) is 0 Å². The molecule has 2 amide bonds. The van der Waals surface area contributed by atoms with Crippen molar-refractivity contribution in [3.05, 3.63) is 24.3 Å². The second-order valence-electron chi connectivity index (χ2n) is 6.21. The first kappa shape index (κ1) is 19.4. The smallest absolute Gasteiger partial charge is 0.243 e. The Hall–Kier alpha value is -1.97. The average molecular weight is 368 g/mol. The summed E-state index contributed by atoms with van der Waals surface area (Å²) in [4.78, 5) is 23.1. The maximum atomic E-state index is 12.5. The Morgan fingerprint density at radius 3 is 2.36 bits per heavy atom. The minimum Gasteiger partial charge on any atom is -0.351 e. The van der Waals surface area contributed by atoms with Gasteiger partial charge in [0.1, 0.15) is 0 Å². The lowest BCUT2D eigenvalue weighted by molar-refractivity contribution is -0.122. The lowest BCUT2D eigenvalue weighted by Gasteiger charge is -2.20. The summed E-state index contributed by atoms with van der Waals surface area (Å²) in [6.45, 7) is 1.43. The molecule has 0 radical (unpaired) electrons. The summed E-state index contributed by atoms with van der Waals surface area (Å²) in [6, 6.07) is 5.68. The van der Waals surface area contributed by atoms with Gasteiger partial charge in [-0.3, -0.25) is 9.59 Å². The molecule has 1 aromatic carbocycles. The number of carbonyl (C=O) groups excluding carboxylic acids is 2. The van der Waals surface area contributed by atoms with Crippen molar-refractivity contribution in [2.75, 3.05) is 25.5 Å². The van der Waals surface area contributed by atoms with E-state index in [1.165, 1.54) is 38.2 Å². The van der Waals surface area contributed by atoms with E-state index in [1.54, 1.807) is 0 Å². The molecular weight excluding hydrogens is 344 g/mol.